The molecule has 0 saturated heterocycles. The molecule has 0 aliphatic rings. The van der Waals surface area contributed by atoms with E-state index in [1.54, 1.807) is 0 Å². The van der Waals surface area contributed by atoms with Crippen molar-refractivity contribution in [3.05, 3.63) is 106 Å². The SMILES string of the molecule is Clc1ccc(C=N/C(=C\c2ccc(Cl)cc2)c2ccccc2)cc1. The minimum Gasteiger partial charge on any atom is -0.256 e. The Morgan fingerprint density at radius 2 is 1.21 bits per heavy atom. The van der Waals surface area contributed by atoms with Crippen LogP contribution in [0.1, 0.15) is 16.7 Å². The second-order valence-corrected chi connectivity index (χ2v) is 6.13. The fourth-order valence-electron chi connectivity index (χ4n) is 2.21. The first kappa shape index (κ1) is 16.5. The summed E-state index contributed by atoms with van der Waals surface area (Å²) in [5.41, 5.74) is 3.98. The summed E-state index contributed by atoms with van der Waals surface area (Å²) in [6.45, 7) is 0. The zero-order valence-corrected chi connectivity index (χ0v) is 14.4. The number of benzene rings is 3. The van der Waals surface area contributed by atoms with E-state index in [2.05, 4.69) is 4.99 Å². The van der Waals surface area contributed by atoms with Gasteiger partial charge in [0.05, 0.1) is 5.70 Å². The van der Waals surface area contributed by atoms with Crippen LogP contribution in [-0.2, 0) is 0 Å². The molecule has 118 valence electrons. The Labute approximate surface area is 151 Å². The molecule has 0 fully saturated rings. The highest BCUT2D eigenvalue weighted by Gasteiger charge is 2.00. The first-order valence-electron chi connectivity index (χ1n) is 7.53. The third-order valence-corrected chi connectivity index (χ3v) is 3.97. The Balaban J connectivity index is 1.96. The molecule has 24 heavy (non-hydrogen) atoms. The molecule has 0 aliphatic carbocycles. The van der Waals surface area contributed by atoms with Crippen molar-refractivity contribution in [2.45, 2.75) is 0 Å². The van der Waals surface area contributed by atoms with Crippen LogP contribution in [0.3, 0.4) is 0 Å². The number of hydrogen-bond acceptors (Lipinski definition) is 1. The number of rotatable bonds is 4. The summed E-state index contributed by atoms with van der Waals surface area (Å²) < 4.78 is 0. The van der Waals surface area contributed by atoms with Crippen LogP contribution >= 0.6 is 23.2 Å². The Hall–Kier alpha value is -2.35. The van der Waals surface area contributed by atoms with Crippen LogP contribution in [0.4, 0.5) is 0 Å². The van der Waals surface area contributed by atoms with Gasteiger partial charge < -0.3 is 0 Å². The average Bonchev–Trinajstić information content (AvgIpc) is 2.62. The lowest BCUT2D eigenvalue weighted by Gasteiger charge is -2.03. The van der Waals surface area contributed by atoms with Gasteiger partial charge in [0.15, 0.2) is 0 Å². The summed E-state index contributed by atoms with van der Waals surface area (Å²) >= 11 is 11.9. The summed E-state index contributed by atoms with van der Waals surface area (Å²) in [6, 6.07) is 25.4. The molecule has 0 aromatic heterocycles. The van der Waals surface area contributed by atoms with Gasteiger partial charge in [-0.05, 0) is 41.5 Å². The van der Waals surface area contributed by atoms with Crippen LogP contribution in [0.5, 0.6) is 0 Å². The molecule has 3 aromatic rings. The van der Waals surface area contributed by atoms with Gasteiger partial charge in [-0.3, -0.25) is 4.99 Å². The van der Waals surface area contributed by atoms with Crippen molar-refractivity contribution in [2.24, 2.45) is 4.99 Å². The summed E-state index contributed by atoms with van der Waals surface area (Å²) in [5, 5.41) is 1.44. The van der Waals surface area contributed by atoms with Crippen molar-refractivity contribution >= 4 is 41.2 Å². The zero-order valence-electron chi connectivity index (χ0n) is 12.9. The van der Waals surface area contributed by atoms with Gasteiger partial charge in [0.1, 0.15) is 0 Å². The van der Waals surface area contributed by atoms with Crippen molar-refractivity contribution in [3.63, 3.8) is 0 Å². The minimum atomic E-state index is 0.715. The predicted molar refractivity (Wildman–Crippen MR) is 105 cm³/mol. The zero-order chi connectivity index (χ0) is 16.8. The quantitative estimate of drug-likeness (QED) is 0.370. The Morgan fingerprint density at radius 3 is 1.79 bits per heavy atom. The molecular formula is C21H15Cl2N. The second kappa shape index (κ2) is 7.96. The van der Waals surface area contributed by atoms with E-state index in [4.69, 9.17) is 23.2 Å². The lowest BCUT2D eigenvalue weighted by Crippen LogP contribution is -1.85. The maximum atomic E-state index is 5.96. The minimum absolute atomic E-state index is 0.715. The van der Waals surface area contributed by atoms with Crippen molar-refractivity contribution < 1.29 is 0 Å². The normalized spacial score (nSPS) is 11.8. The third kappa shape index (κ3) is 4.58. The molecule has 0 radical (unpaired) electrons. The van der Waals surface area contributed by atoms with E-state index in [9.17, 15) is 0 Å². The molecule has 3 rings (SSSR count). The molecule has 0 atom stereocenters. The maximum absolute atomic E-state index is 5.96. The van der Waals surface area contributed by atoms with E-state index in [0.717, 1.165) is 27.4 Å². The van der Waals surface area contributed by atoms with Gasteiger partial charge in [-0.1, -0.05) is 77.8 Å². The number of nitrogens with zero attached hydrogens (tertiary/aromatic N) is 1. The van der Waals surface area contributed by atoms with Crippen molar-refractivity contribution in [1.29, 1.82) is 0 Å². The van der Waals surface area contributed by atoms with E-state index < -0.39 is 0 Å². The fourth-order valence-corrected chi connectivity index (χ4v) is 2.47. The topological polar surface area (TPSA) is 12.4 Å². The van der Waals surface area contributed by atoms with Gasteiger partial charge >= 0.3 is 0 Å². The fraction of sp³-hybridized carbons (Fsp3) is 0. The van der Waals surface area contributed by atoms with Gasteiger partial charge in [0, 0.05) is 21.8 Å². The Morgan fingerprint density at radius 1 is 0.667 bits per heavy atom. The molecule has 0 heterocycles. The van der Waals surface area contributed by atoms with Crippen molar-refractivity contribution in [2.75, 3.05) is 0 Å². The third-order valence-electron chi connectivity index (χ3n) is 3.47. The molecule has 1 nitrogen and oxygen atoms in total. The summed E-state index contributed by atoms with van der Waals surface area (Å²) in [4.78, 5) is 4.67. The van der Waals surface area contributed by atoms with Gasteiger partial charge in [0.2, 0.25) is 0 Å². The van der Waals surface area contributed by atoms with E-state index in [-0.39, 0.29) is 0 Å². The van der Waals surface area contributed by atoms with Crippen LogP contribution in [0, 0.1) is 0 Å². The average molecular weight is 352 g/mol. The van der Waals surface area contributed by atoms with Gasteiger partial charge in [0.25, 0.3) is 0 Å². The highest BCUT2D eigenvalue weighted by molar-refractivity contribution is 6.30. The molecule has 0 bridgehead atoms. The first-order chi connectivity index (χ1) is 11.7. The lowest BCUT2D eigenvalue weighted by molar-refractivity contribution is 1.51. The standard InChI is InChI=1S/C21H15Cl2N/c22-19-10-6-16(7-11-19)14-21(18-4-2-1-3-5-18)24-15-17-8-12-20(23)13-9-17/h1-15H/b21-14-,24-15?. The van der Waals surface area contributed by atoms with Crippen molar-refractivity contribution in [3.8, 4) is 0 Å². The molecule has 0 amide bonds. The predicted octanol–water partition coefficient (Wildman–Crippen LogP) is 6.61. The molecule has 0 unspecified atom stereocenters. The van der Waals surface area contributed by atoms with E-state index in [0.29, 0.717) is 5.02 Å². The second-order valence-electron chi connectivity index (χ2n) is 5.26. The summed E-state index contributed by atoms with van der Waals surface area (Å²) in [6.07, 6.45) is 3.88. The van der Waals surface area contributed by atoms with Gasteiger partial charge in [-0.25, -0.2) is 0 Å². The monoisotopic (exact) mass is 351 g/mol. The Kier molecular flexibility index (Phi) is 5.47. The number of hydrogen-bond donors (Lipinski definition) is 0. The smallest absolute Gasteiger partial charge is 0.0708 e. The molecular weight excluding hydrogens is 337 g/mol. The molecule has 3 aromatic carbocycles. The molecule has 0 N–H and O–H groups in total. The molecule has 0 saturated carbocycles. The molecule has 3 heteroatoms. The summed E-state index contributed by atoms with van der Waals surface area (Å²) in [7, 11) is 0. The van der Waals surface area contributed by atoms with E-state index in [1.807, 2.05) is 91.2 Å². The van der Waals surface area contributed by atoms with Crippen LogP contribution < -0.4 is 0 Å². The number of halogens is 2. The highest BCUT2D eigenvalue weighted by Crippen LogP contribution is 2.21. The van der Waals surface area contributed by atoms with Gasteiger partial charge in [-0.15, -0.1) is 0 Å². The van der Waals surface area contributed by atoms with Crippen molar-refractivity contribution in [1.82, 2.24) is 0 Å². The first-order valence-corrected chi connectivity index (χ1v) is 8.29. The molecule has 0 aliphatic heterocycles. The summed E-state index contributed by atoms with van der Waals surface area (Å²) in [5.74, 6) is 0. The lowest BCUT2D eigenvalue weighted by atomic mass is 10.1. The van der Waals surface area contributed by atoms with Crippen LogP contribution in [0.2, 0.25) is 10.0 Å². The van der Waals surface area contributed by atoms with Crippen LogP contribution in [-0.4, -0.2) is 6.21 Å². The largest absolute Gasteiger partial charge is 0.256 e. The number of aliphatic imine (C=N–C) groups is 1. The highest BCUT2D eigenvalue weighted by atomic mass is 35.5. The maximum Gasteiger partial charge on any atom is 0.0708 e. The van der Waals surface area contributed by atoms with E-state index in [1.165, 1.54) is 0 Å². The Bertz CT molecular complexity index is 849. The van der Waals surface area contributed by atoms with Crippen LogP contribution in [0.25, 0.3) is 11.8 Å². The van der Waals surface area contributed by atoms with Crippen LogP contribution in [0.15, 0.2) is 83.9 Å². The van der Waals surface area contributed by atoms with E-state index >= 15 is 0 Å². The molecule has 0 spiro atoms. The van der Waals surface area contributed by atoms with Gasteiger partial charge in [-0.2, -0.15) is 0 Å².